The van der Waals surface area contributed by atoms with Gasteiger partial charge < -0.3 is 4.42 Å². The Hall–Kier alpha value is -8.09. The number of fused-ring (bicyclic) bond motifs is 4. The zero-order valence-electron chi connectivity index (χ0n) is 31.7. The van der Waals surface area contributed by atoms with Crippen LogP contribution in [-0.2, 0) is 0 Å². The summed E-state index contributed by atoms with van der Waals surface area (Å²) in [5.41, 5.74) is 14.5. The number of aromatic nitrogens is 5. The Morgan fingerprint density at radius 1 is 0.339 bits per heavy atom. The predicted octanol–water partition coefficient (Wildman–Crippen LogP) is 13.4. The summed E-state index contributed by atoms with van der Waals surface area (Å²) in [6.45, 7) is 0. The second kappa shape index (κ2) is 14.4. The van der Waals surface area contributed by atoms with Gasteiger partial charge in [-0.15, -0.1) is 0 Å². The molecule has 276 valence electrons. The van der Waals surface area contributed by atoms with Crippen LogP contribution in [0.1, 0.15) is 0 Å². The zero-order valence-corrected chi connectivity index (χ0v) is 31.7. The number of hydrogen-bond donors (Lipinski definition) is 0. The SMILES string of the molecule is c1ccc(-c2ccc(-c3nc(-c4ccccc4)nc(-c4cccc(-c5cccc(-c6cccc(-c7c8ncccc8nc8oc9ccccc9c78)c6)c5)c4)n3)cc2)cc1. The van der Waals surface area contributed by atoms with Crippen molar-refractivity contribution in [2.45, 2.75) is 0 Å². The van der Waals surface area contributed by atoms with E-state index < -0.39 is 0 Å². The maximum Gasteiger partial charge on any atom is 0.228 e. The molecule has 0 spiro atoms. The van der Waals surface area contributed by atoms with E-state index in [-0.39, 0.29) is 0 Å². The molecule has 0 aliphatic rings. The Morgan fingerprint density at radius 2 is 0.814 bits per heavy atom. The number of hydrogen-bond acceptors (Lipinski definition) is 6. The third-order valence-corrected chi connectivity index (χ3v) is 10.8. The van der Waals surface area contributed by atoms with Gasteiger partial charge in [-0.25, -0.2) is 19.9 Å². The van der Waals surface area contributed by atoms with Crippen molar-refractivity contribution < 1.29 is 4.42 Å². The van der Waals surface area contributed by atoms with Crippen LogP contribution in [0.4, 0.5) is 0 Å². The topological polar surface area (TPSA) is 77.6 Å². The minimum absolute atomic E-state index is 0.608. The molecule has 0 saturated carbocycles. The van der Waals surface area contributed by atoms with Crippen LogP contribution in [0.15, 0.2) is 205 Å². The second-order valence-corrected chi connectivity index (χ2v) is 14.5. The molecule has 11 rings (SSSR count). The van der Waals surface area contributed by atoms with E-state index in [4.69, 9.17) is 29.3 Å². The van der Waals surface area contributed by atoms with Gasteiger partial charge in [0.2, 0.25) is 5.71 Å². The van der Waals surface area contributed by atoms with E-state index in [1.54, 1.807) is 0 Å². The smallest absolute Gasteiger partial charge is 0.228 e. The molecule has 0 aliphatic heterocycles. The lowest BCUT2D eigenvalue weighted by molar-refractivity contribution is 0.656. The van der Waals surface area contributed by atoms with Gasteiger partial charge in [0.05, 0.1) is 16.4 Å². The van der Waals surface area contributed by atoms with Gasteiger partial charge in [0.15, 0.2) is 17.5 Å². The molecule has 0 bridgehead atoms. The number of para-hydroxylation sites is 1. The van der Waals surface area contributed by atoms with Crippen LogP contribution in [-0.4, -0.2) is 24.9 Å². The molecule has 0 radical (unpaired) electrons. The van der Waals surface area contributed by atoms with Gasteiger partial charge in [0, 0.05) is 33.8 Å². The molecule has 0 aliphatic carbocycles. The average molecular weight is 756 g/mol. The van der Waals surface area contributed by atoms with Gasteiger partial charge in [0.25, 0.3) is 0 Å². The van der Waals surface area contributed by atoms with Crippen molar-refractivity contribution in [1.29, 1.82) is 0 Å². The summed E-state index contributed by atoms with van der Waals surface area (Å²) in [6.07, 6.45) is 1.83. The van der Waals surface area contributed by atoms with Crippen LogP contribution in [0.2, 0.25) is 0 Å². The summed E-state index contributed by atoms with van der Waals surface area (Å²) in [7, 11) is 0. The largest absolute Gasteiger partial charge is 0.438 e. The Bertz CT molecular complexity index is 3320. The summed E-state index contributed by atoms with van der Waals surface area (Å²) in [5.74, 6) is 1.87. The quantitative estimate of drug-likeness (QED) is 0.161. The third kappa shape index (κ3) is 6.39. The van der Waals surface area contributed by atoms with Gasteiger partial charge in [-0.3, -0.25) is 4.98 Å². The average Bonchev–Trinajstić information content (AvgIpc) is 3.69. The Labute approximate surface area is 340 Å². The van der Waals surface area contributed by atoms with Crippen LogP contribution in [0.3, 0.4) is 0 Å². The predicted molar refractivity (Wildman–Crippen MR) is 238 cm³/mol. The van der Waals surface area contributed by atoms with Crippen LogP contribution in [0.25, 0.3) is 112 Å². The Balaban J connectivity index is 0.976. The van der Waals surface area contributed by atoms with Crippen LogP contribution >= 0.6 is 0 Å². The number of furan rings is 1. The fraction of sp³-hybridized carbons (Fsp3) is 0. The summed E-state index contributed by atoms with van der Waals surface area (Å²) in [6, 6.07) is 66.6. The molecule has 4 heterocycles. The maximum absolute atomic E-state index is 6.27. The van der Waals surface area contributed by atoms with Crippen LogP contribution in [0, 0.1) is 0 Å². The van der Waals surface area contributed by atoms with Crippen molar-refractivity contribution in [3.63, 3.8) is 0 Å². The lowest BCUT2D eigenvalue weighted by Gasteiger charge is -2.12. The number of rotatable bonds is 7. The van der Waals surface area contributed by atoms with Crippen LogP contribution < -0.4 is 0 Å². The monoisotopic (exact) mass is 755 g/mol. The molecule has 59 heavy (non-hydrogen) atoms. The first-order valence-electron chi connectivity index (χ1n) is 19.6. The van der Waals surface area contributed by atoms with Gasteiger partial charge in [-0.2, -0.15) is 0 Å². The summed E-state index contributed by atoms with van der Waals surface area (Å²) < 4.78 is 6.27. The third-order valence-electron chi connectivity index (χ3n) is 10.8. The van der Waals surface area contributed by atoms with Gasteiger partial charge in [-0.05, 0) is 75.3 Å². The molecule has 0 amide bonds. The van der Waals surface area contributed by atoms with E-state index in [9.17, 15) is 0 Å². The molecule has 11 aromatic rings. The summed E-state index contributed by atoms with van der Waals surface area (Å²) in [4.78, 5) is 24.7. The standard InChI is InChI=1S/C53H33N5O/c1-3-13-34(14-4-1)35-26-28-37(29-27-35)51-56-50(36-15-5-2-6-16-36)57-52(58-51)43-22-11-20-41(33-43)39-18-9-17-38(31-39)40-19-10-21-42(32-40)47-48-44-23-7-8-25-46(44)59-53(48)55-45-24-12-30-54-49(45)47/h1-33H. The fourth-order valence-electron chi connectivity index (χ4n) is 7.90. The molecule has 0 fully saturated rings. The Morgan fingerprint density at radius 3 is 1.49 bits per heavy atom. The van der Waals surface area contributed by atoms with Crippen molar-refractivity contribution in [3.05, 3.63) is 200 Å². The lowest BCUT2D eigenvalue weighted by Crippen LogP contribution is -2.00. The number of benzene rings is 7. The zero-order chi connectivity index (χ0) is 39.1. The molecule has 0 unspecified atom stereocenters. The molecule has 6 heteroatoms. The van der Waals surface area contributed by atoms with E-state index in [2.05, 4.69) is 127 Å². The summed E-state index contributed by atoms with van der Waals surface area (Å²) >= 11 is 0. The first kappa shape index (κ1) is 34.2. The number of nitrogens with zero attached hydrogens (tertiary/aromatic N) is 5. The first-order valence-corrected chi connectivity index (χ1v) is 19.6. The minimum Gasteiger partial charge on any atom is -0.438 e. The summed E-state index contributed by atoms with van der Waals surface area (Å²) in [5, 5.41) is 1.99. The van der Waals surface area contributed by atoms with Gasteiger partial charge >= 0.3 is 0 Å². The molecule has 6 nitrogen and oxygen atoms in total. The van der Waals surface area contributed by atoms with Crippen molar-refractivity contribution in [2.75, 3.05) is 0 Å². The Kier molecular flexibility index (Phi) is 8.37. The van der Waals surface area contributed by atoms with E-state index >= 15 is 0 Å². The molecule has 4 aromatic heterocycles. The lowest BCUT2D eigenvalue weighted by atomic mass is 9.94. The molecular formula is C53H33N5O. The first-order chi connectivity index (χ1) is 29.2. The highest BCUT2D eigenvalue weighted by Gasteiger charge is 2.19. The molecule has 0 saturated heterocycles. The van der Waals surface area contributed by atoms with E-state index in [0.29, 0.717) is 23.2 Å². The molecular weight excluding hydrogens is 723 g/mol. The number of pyridine rings is 2. The highest BCUT2D eigenvalue weighted by molar-refractivity contribution is 6.17. The maximum atomic E-state index is 6.27. The van der Waals surface area contributed by atoms with E-state index in [1.807, 2.05) is 72.9 Å². The molecule has 0 atom stereocenters. The highest BCUT2D eigenvalue weighted by atomic mass is 16.3. The van der Waals surface area contributed by atoms with E-state index in [0.717, 1.165) is 88.6 Å². The van der Waals surface area contributed by atoms with Gasteiger partial charge in [-0.1, -0.05) is 158 Å². The minimum atomic E-state index is 0.608. The van der Waals surface area contributed by atoms with Gasteiger partial charge in [0.1, 0.15) is 5.58 Å². The second-order valence-electron chi connectivity index (χ2n) is 14.5. The normalized spacial score (nSPS) is 11.4. The van der Waals surface area contributed by atoms with Crippen molar-refractivity contribution >= 4 is 33.1 Å². The van der Waals surface area contributed by atoms with Crippen molar-refractivity contribution in [3.8, 4) is 78.7 Å². The fourth-order valence-corrected chi connectivity index (χ4v) is 7.90. The molecule has 0 N–H and O–H groups in total. The van der Waals surface area contributed by atoms with Crippen LogP contribution in [0.5, 0.6) is 0 Å². The van der Waals surface area contributed by atoms with E-state index in [1.165, 1.54) is 0 Å². The van der Waals surface area contributed by atoms with Crippen molar-refractivity contribution in [1.82, 2.24) is 24.9 Å². The van der Waals surface area contributed by atoms with Crippen molar-refractivity contribution in [2.24, 2.45) is 0 Å². The molecule has 7 aromatic carbocycles. The highest BCUT2D eigenvalue weighted by Crippen LogP contribution is 2.41.